The first-order valence-corrected chi connectivity index (χ1v) is 8.11. The number of Topliss-reactive ketones (excluding diaryl/α,β-unsaturated/α-hetero) is 1. The molecule has 2 rings (SSSR count). The summed E-state index contributed by atoms with van der Waals surface area (Å²) in [6, 6.07) is 4.51. The Morgan fingerprint density at radius 3 is 2.48 bits per heavy atom. The van der Waals surface area contributed by atoms with Crippen molar-refractivity contribution in [2.24, 2.45) is 0 Å². The maximum absolute atomic E-state index is 14.2. The number of nitrogens with zero attached hydrogens (tertiary/aromatic N) is 2. The standard InChI is InChI=1S/C17H24FN3O2/c1-3-4-7-19-17(23)21-10-8-20(9-11-21)16-6-5-14(13(2)22)12-15(16)18/h5-6,12H,3-4,7-11H2,1-2H3,(H,19,23). The van der Waals surface area contributed by atoms with E-state index in [1.807, 2.05) is 4.90 Å². The molecule has 0 aliphatic carbocycles. The zero-order valence-electron chi connectivity index (χ0n) is 13.8. The maximum Gasteiger partial charge on any atom is 0.317 e. The van der Waals surface area contributed by atoms with Crippen molar-refractivity contribution in [3.8, 4) is 0 Å². The second-order valence-corrected chi connectivity index (χ2v) is 5.78. The molecule has 0 spiro atoms. The van der Waals surface area contributed by atoms with Gasteiger partial charge in [-0.25, -0.2) is 9.18 Å². The first-order valence-electron chi connectivity index (χ1n) is 8.11. The van der Waals surface area contributed by atoms with E-state index in [2.05, 4.69) is 12.2 Å². The van der Waals surface area contributed by atoms with Crippen LogP contribution in [0.25, 0.3) is 0 Å². The molecule has 126 valence electrons. The van der Waals surface area contributed by atoms with Crippen molar-refractivity contribution in [3.05, 3.63) is 29.6 Å². The summed E-state index contributed by atoms with van der Waals surface area (Å²) in [6.07, 6.45) is 2.02. The molecule has 23 heavy (non-hydrogen) atoms. The average Bonchev–Trinajstić information content (AvgIpc) is 2.55. The van der Waals surface area contributed by atoms with Crippen molar-refractivity contribution < 1.29 is 14.0 Å². The first kappa shape index (κ1) is 17.2. The van der Waals surface area contributed by atoms with Gasteiger partial charge in [-0.2, -0.15) is 0 Å². The van der Waals surface area contributed by atoms with Gasteiger partial charge < -0.3 is 15.1 Å². The van der Waals surface area contributed by atoms with Crippen LogP contribution in [0.2, 0.25) is 0 Å². The van der Waals surface area contributed by atoms with Crippen LogP contribution < -0.4 is 10.2 Å². The van der Waals surface area contributed by atoms with E-state index in [0.29, 0.717) is 44.0 Å². The third-order valence-corrected chi connectivity index (χ3v) is 4.07. The van der Waals surface area contributed by atoms with Gasteiger partial charge >= 0.3 is 6.03 Å². The Labute approximate surface area is 136 Å². The average molecular weight is 321 g/mol. The second-order valence-electron chi connectivity index (χ2n) is 5.78. The van der Waals surface area contributed by atoms with Crippen molar-refractivity contribution in [1.29, 1.82) is 0 Å². The molecule has 0 atom stereocenters. The van der Waals surface area contributed by atoms with Crippen molar-refractivity contribution in [2.75, 3.05) is 37.6 Å². The molecule has 0 unspecified atom stereocenters. The lowest BCUT2D eigenvalue weighted by molar-refractivity contribution is 0.101. The quantitative estimate of drug-likeness (QED) is 0.670. The lowest BCUT2D eigenvalue weighted by Crippen LogP contribution is -2.52. The molecule has 0 saturated carbocycles. The Bertz CT molecular complexity index is 569. The Hall–Kier alpha value is -2.11. The number of ketones is 1. The van der Waals surface area contributed by atoms with Gasteiger partial charge in [0.2, 0.25) is 0 Å². The number of nitrogens with one attached hydrogen (secondary N) is 1. The minimum atomic E-state index is -0.390. The molecule has 2 amide bonds. The van der Waals surface area contributed by atoms with Crippen LogP contribution in [0.3, 0.4) is 0 Å². The number of carbonyl (C=O) groups is 2. The molecular weight excluding hydrogens is 297 g/mol. The van der Waals surface area contributed by atoms with Crippen LogP contribution >= 0.6 is 0 Å². The molecule has 0 bridgehead atoms. The van der Waals surface area contributed by atoms with Crippen LogP contribution in [0.1, 0.15) is 37.0 Å². The lowest BCUT2D eigenvalue weighted by Gasteiger charge is -2.36. The van der Waals surface area contributed by atoms with Gasteiger partial charge in [0, 0.05) is 38.3 Å². The summed E-state index contributed by atoms with van der Waals surface area (Å²) >= 11 is 0. The lowest BCUT2D eigenvalue weighted by atomic mass is 10.1. The zero-order valence-corrected chi connectivity index (χ0v) is 13.8. The summed E-state index contributed by atoms with van der Waals surface area (Å²) < 4.78 is 14.2. The van der Waals surface area contributed by atoms with Gasteiger partial charge in [-0.1, -0.05) is 13.3 Å². The van der Waals surface area contributed by atoms with E-state index >= 15 is 0 Å². The van der Waals surface area contributed by atoms with Gasteiger partial charge in [0.25, 0.3) is 0 Å². The van der Waals surface area contributed by atoms with Crippen molar-refractivity contribution in [1.82, 2.24) is 10.2 Å². The van der Waals surface area contributed by atoms with E-state index in [4.69, 9.17) is 0 Å². The van der Waals surface area contributed by atoms with E-state index in [9.17, 15) is 14.0 Å². The highest BCUT2D eigenvalue weighted by molar-refractivity contribution is 5.94. The monoisotopic (exact) mass is 321 g/mol. The summed E-state index contributed by atoms with van der Waals surface area (Å²) in [4.78, 5) is 26.9. The molecule has 1 aromatic rings. The number of urea groups is 1. The third-order valence-electron chi connectivity index (χ3n) is 4.07. The number of halogens is 1. The van der Waals surface area contributed by atoms with Crippen LogP contribution in [0.15, 0.2) is 18.2 Å². The van der Waals surface area contributed by atoms with E-state index in [0.717, 1.165) is 12.8 Å². The predicted molar refractivity (Wildman–Crippen MR) is 88.5 cm³/mol. The molecule has 1 aromatic carbocycles. The van der Waals surface area contributed by atoms with Gasteiger partial charge in [-0.3, -0.25) is 4.79 Å². The Morgan fingerprint density at radius 2 is 1.91 bits per heavy atom. The van der Waals surface area contributed by atoms with Crippen LogP contribution in [0.4, 0.5) is 14.9 Å². The normalized spacial score (nSPS) is 14.7. The fourth-order valence-corrected chi connectivity index (χ4v) is 2.62. The van der Waals surface area contributed by atoms with E-state index in [1.165, 1.54) is 13.0 Å². The number of hydrogen-bond donors (Lipinski definition) is 1. The van der Waals surface area contributed by atoms with E-state index in [-0.39, 0.29) is 11.8 Å². The summed E-state index contributed by atoms with van der Waals surface area (Å²) in [5.74, 6) is -0.539. The smallest absolute Gasteiger partial charge is 0.317 e. The highest BCUT2D eigenvalue weighted by Gasteiger charge is 2.22. The number of benzene rings is 1. The highest BCUT2D eigenvalue weighted by atomic mass is 19.1. The Balaban J connectivity index is 1.91. The number of anilines is 1. The van der Waals surface area contributed by atoms with Gasteiger partial charge in [-0.05, 0) is 31.5 Å². The number of unbranched alkanes of at least 4 members (excludes halogenated alkanes) is 1. The van der Waals surface area contributed by atoms with Gasteiger partial charge in [0.15, 0.2) is 5.78 Å². The molecule has 0 aromatic heterocycles. The largest absolute Gasteiger partial charge is 0.366 e. The SMILES string of the molecule is CCCCNC(=O)N1CCN(c2ccc(C(C)=O)cc2F)CC1. The number of amides is 2. The van der Waals surface area contributed by atoms with E-state index < -0.39 is 5.82 Å². The fraction of sp³-hybridized carbons (Fsp3) is 0.529. The first-order chi connectivity index (χ1) is 11.0. The molecule has 0 radical (unpaired) electrons. The summed E-state index contributed by atoms with van der Waals surface area (Å²) in [5, 5.41) is 2.90. The van der Waals surface area contributed by atoms with Crippen LogP contribution in [-0.4, -0.2) is 49.4 Å². The van der Waals surface area contributed by atoms with Crippen molar-refractivity contribution in [3.63, 3.8) is 0 Å². The summed E-state index contributed by atoms with van der Waals surface area (Å²) in [5.41, 5.74) is 0.862. The second kappa shape index (κ2) is 7.94. The van der Waals surface area contributed by atoms with Crippen molar-refractivity contribution in [2.45, 2.75) is 26.7 Å². The van der Waals surface area contributed by atoms with Crippen molar-refractivity contribution >= 4 is 17.5 Å². The van der Waals surface area contributed by atoms with E-state index in [1.54, 1.807) is 17.0 Å². The Morgan fingerprint density at radius 1 is 1.22 bits per heavy atom. The highest BCUT2D eigenvalue weighted by Crippen LogP contribution is 2.22. The molecule has 1 heterocycles. The number of rotatable bonds is 5. The minimum absolute atomic E-state index is 0.0505. The molecular formula is C17H24FN3O2. The maximum atomic E-state index is 14.2. The zero-order chi connectivity index (χ0) is 16.8. The molecule has 6 heteroatoms. The van der Waals surface area contributed by atoms with Gasteiger partial charge in [-0.15, -0.1) is 0 Å². The summed E-state index contributed by atoms with van der Waals surface area (Å²) in [6.45, 7) is 6.48. The van der Waals surface area contributed by atoms with Gasteiger partial charge in [0.1, 0.15) is 5.82 Å². The van der Waals surface area contributed by atoms with Crippen LogP contribution in [-0.2, 0) is 0 Å². The number of hydrogen-bond acceptors (Lipinski definition) is 3. The topological polar surface area (TPSA) is 52.7 Å². The molecule has 1 aliphatic rings. The molecule has 5 nitrogen and oxygen atoms in total. The minimum Gasteiger partial charge on any atom is -0.366 e. The molecule has 1 aliphatic heterocycles. The Kier molecular flexibility index (Phi) is 5.96. The summed E-state index contributed by atoms with van der Waals surface area (Å²) in [7, 11) is 0. The van der Waals surface area contributed by atoms with Crippen LogP contribution in [0.5, 0.6) is 0 Å². The fourth-order valence-electron chi connectivity index (χ4n) is 2.62. The third kappa shape index (κ3) is 4.43. The van der Waals surface area contributed by atoms with Gasteiger partial charge in [0.05, 0.1) is 5.69 Å². The van der Waals surface area contributed by atoms with Crippen LogP contribution in [0, 0.1) is 5.82 Å². The molecule has 1 fully saturated rings. The number of carbonyl (C=O) groups excluding carboxylic acids is 2. The predicted octanol–water partition coefficient (Wildman–Crippen LogP) is 2.66. The molecule has 1 N–H and O–H groups in total. The number of piperazine rings is 1. The molecule has 1 saturated heterocycles.